The zero-order valence-electron chi connectivity index (χ0n) is 18.0. The van der Waals surface area contributed by atoms with Gasteiger partial charge in [-0.05, 0) is 43.7 Å². The summed E-state index contributed by atoms with van der Waals surface area (Å²) in [6.45, 7) is 6.42. The first-order chi connectivity index (χ1) is 14.9. The lowest BCUT2D eigenvalue weighted by Gasteiger charge is -2.26. The van der Waals surface area contributed by atoms with Crippen LogP contribution in [0, 0.1) is 0 Å². The van der Waals surface area contributed by atoms with Gasteiger partial charge in [0.15, 0.2) is 0 Å². The molecule has 1 amide bonds. The molecule has 6 nitrogen and oxygen atoms in total. The molecule has 3 rings (SSSR count). The van der Waals surface area contributed by atoms with Gasteiger partial charge in [-0.25, -0.2) is 0 Å². The van der Waals surface area contributed by atoms with Gasteiger partial charge in [0, 0.05) is 43.0 Å². The van der Waals surface area contributed by atoms with E-state index in [1.54, 1.807) is 24.3 Å². The Labute approximate surface area is 187 Å². The van der Waals surface area contributed by atoms with Crippen molar-refractivity contribution in [3.8, 4) is 0 Å². The molecule has 2 aromatic carbocycles. The van der Waals surface area contributed by atoms with E-state index in [1.807, 2.05) is 24.3 Å². The number of carbonyl (C=O) groups is 2. The van der Waals surface area contributed by atoms with Crippen molar-refractivity contribution in [3.63, 3.8) is 0 Å². The van der Waals surface area contributed by atoms with Gasteiger partial charge in [-0.15, -0.1) is 0 Å². The first-order valence-electron chi connectivity index (χ1n) is 10.3. The van der Waals surface area contributed by atoms with Crippen LogP contribution < -0.4 is 4.90 Å². The van der Waals surface area contributed by atoms with Crippen LogP contribution in [0.25, 0.3) is 5.76 Å². The molecule has 2 aromatic rings. The van der Waals surface area contributed by atoms with Gasteiger partial charge in [-0.2, -0.15) is 0 Å². The summed E-state index contributed by atoms with van der Waals surface area (Å²) >= 11 is 6.07. The number of hydrogen-bond donors (Lipinski definition) is 1. The highest BCUT2D eigenvalue weighted by atomic mass is 35.5. The SMILES string of the molecule is CCN(CC)c1ccc(C2/C(=C(/O)c3cccc(Cl)c3)C(=O)C(=O)N2CCOC)cc1. The van der Waals surface area contributed by atoms with Crippen molar-refractivity contribution in [3.05, 3.63) is 70.3 Å². The quantitative estimate of drug-likeness (QED) is 0.376. The molecule has 0 radical (unpaired) electrons. The number of Topliss-reactive ketones (excluding diaryl/α,β-unsaturated/α-hetero) is 1. The number of carbonyl (C=O) groups excluding carboxylic acids is 2. The number of aliphatic hydroxyl groups excluding tert-OH is 1. The molecule has 1 N–H and O–H groups in total. The molecule has 1 heterocycles. The zero-order chi connectivity index (χ0) is 22.5. The third-order valence-electron chi connectivity index (χ3n) is 5.51. The van der Waals surface area contributed by atoms with Crippen molar-refractivity contribution in [2.75, 3.05) is 38.3 Å². The van der Waals surface area contributed by atoms with Crippen LogP contribution in [0.3, 0.4) is 0 Å². The summed E-state index contributed by atoms with van der Waals surface area (Å²) in [5.41, 5.74) is 2.24. The van der Waals surface area contributed by atoms with E-state index in [0.717, 1.165) is 24.3 Å². The minimum absolute atomic E-state index is 0.0546. The van der Waals surface area contributed by atoms with Crippen LogP contribution >= 0.6 is 11.6 Å². The molecule has 31 heavy (non-hydrogen) atoms. The summed E-state index contributed by atoms with van der Waals surface area (Å²) in [5, 5.41) is 11.4. The first kappa shape index (κ1) is 22.8. The maximum absolute atomic E-state index is 12.9. The molecule has 0 aliphatic carbocycles. The van der Waals surface area contributed by atoms with Crippen molar-refractivity contribution < 1.29 is 19.4 Å². The fourth-order valence-corrected chi connectivity index (χ4v) is 4.08. The number of rotatable bonds is 8. The molecule has 1 aliphatic rings. The monoisotopic (exact) mass is 442 g/mol. The van der Waals surface area contributed by atoms with E-state index in [2.05, 4.69) is 18.7 Å². The van der Waals surface area contributed by atoms with Gasteiger partial charge in [-0.3, -0.25) is 9.59 Å². The number of methoxy groups -OCH3 is 1. The zero-order valence-corrected chi connectivity index (χ0v) is 18.7. The number of ketones is 1. The van der Waals surface area contributed by atoms with Crippen LogP contribution in [0.1, 0.15) is 31.0 Å². The van der Waals surface area contributed by atoms with E-state index in [0.29, 0.717) is 10.6 Å². The molecular weight excluding hydrogens is 416 g/mol. The lowest BCUT2D eigenvalue weighted by Crippen LogP contribution is -2.32. The Morgan fingerprint density at radius 3 is 2.39 bits per heavy atom. The lowest BCUT2D eigenvalue weighted by atomic mass is 9.95. The highest BCUT2D eigenvalue weighted by Crippen LogP contribution is 2.39. The molecule has 1 atom stereocenters. The Morgan fingerprint density at radius 1 is 1.13 bits per heavy atom. The molecule has 0 bridgehead atoms. The number of aliphatic hydroxyl groups is 1. The van der Waals surface area contributed by atoms with Gasteiger partial charge in [0.25, 0.3) is 11.7 Å². The molecule has 0 aromatic heterocycles. The maximum atomic E-state index is 12.9. The summed E-state index contributed by atoms with van der Waals surface area (Å²) in [4.78, 5) is 29.4. The minimum Gasteiger partial charge on any atom is -0.507 e. The van der Waals surface area contributed by atoms with Gasteiger partial charge >= 0.3 is 0 Å². The minimum atomic E-state index is -0.716. The van der Waals surface area contributed by atoms with Crippen LogP contribution in [-0.2, 0) is 14.3 Å². The maximum Gasteiger partial charge on any atom is 0.295 e. The Balaban J connectivity index is 2.11. The van der Waals surface area contributed by atoms with Gasteiger partial charge in [0.1, 0.15) is 5.76 Å². The largest absolute Gasteiger partial charge is 0.507 e. The van der Waals surface area contributed by atoms with E-state index in [9.17, 15) is 14.7 Å². The van der Waals surface area contributed by atoms with Crippen LogP contribution in [-0.4, -0.2) is 55.0 Å². The average Bonchev–Trinajstić information content (AvgIpc) is 3.03. The van der Waals surface area contributed by atoms with Crippen molar-refractivity contribution in [2.45, 2.75) is 19.9 Å². The second kappa shape index (κ2) is 9.98. The molecule has 1 aliphatic heterocycles. The van der Waals surface area contributed by atoms with E-state index in [4.69, 9.17) is 16.3 Å². The Bertz CT molecular complexity index is 983. The fraction of sp³-hybridized carbons (Fsp3) is 0.333. The highest BCUT2D eigenvalue weighted by molar-refractivity contribution is 6.46. The Morgan fingerprint density at radius 2 is 1.81 bits per heavy atom. The van der Waals surface area contributed by atoms with E-state index >= 15 is 0 Å². The van der Waals surface area contributed by atoms with Crippen molar-refractivity contribution in [1.82, 2.24) is 4.90 Å². The van der Waals surface area contributed by atoms with Crippen molar-refractivity contribution >= 4 is 34.7 Å². The second-order valence-electron chi connectivity index (χ2n) is 7.26. The summed E-state index contributed by atoms with van der Waals surface area (Å²) in [5.74, 6) is -1.61. The van der Waals surface area contributed by atoms with Gasteiger partial charge in [0.05, 0.1) is 18.2 Å². The van der Waals surface area contributed by atoms with Crippen LogP contribution in [0.15, 0.2) is 54.1 Å². The average molecular weight is 443 g/mol. The number of ether oxygens (including phenoxy) is 1. The predicted octanol–water partition coefficient (Wildman–Crippen LogP) is 4.25. The number of likely N-dealkylation sites (tertiary alicyclic amines) is 1. The number of halogens is 1. The van der Waals surface area contributed by atoms with Crippen LogP contribution in [0.5, 0.6) is 0 Å². The summed E-state index contributed by atoms with van der Waals surface area (Å²) in [6.07, 6.45) is 0. The molecule has 1 unspecified atom stereocenters. The third-order valence-corrected chi connectivity index (χ3v) is 5.75. The van der Waals surface area contributed by atoms with Crippen LogP contribution in [0.4, 0.5) is 5.69 Å². The molecule has 7 heteroatoms. The summed E-state index contributed by atoms with van der Waals surface area (Å²) in [7, 11) is 1.54. The summed E-state index contributed by atoms with van der Waals surface area (Å²) in [6, 6.07) is 13.6. The molecular formula is C24H27ClN2O4. The topological polar surface area (TPSA) is 70.1 Å². The number of anilines is 1. The number of nitrogens with zero attached hydrogens (tertiary/aromatic N) is 2. The lowest BCUT2D eigenvalue weighted by molar-refractivity contribution is -0.140. The van der Waals surface area contributed by atoms with Crippen LogP contribution in [0.2, 0.25) is 5.02 Å². The summed E-state index contributed by atoms with van der Waals surface area (Å²) < 4.78 is 5.14. The van der Waals surface area contributed by atoms with Crippen molar-refractivity contribution in [2.24, 2.45) is 0 Å². The first-order valence-corrected chi connectivity index (χ1v) is 10.7. The van der Waals surface area contributed by atoms with E-state index in [-0.39, 0.29) is 24.5 Å². The normalized spacial score (nSPS) is 17.9. The standard InChI is InChI=1S/C24H27ClN2O4/c1-4-26(5-2)19-11-9-16(10-12-19)21-20(22(28)17-7-6-8-18(25)15-17)23(29)24(30)27(21)13-14-31-3/h6-12,15,21,28H,4-5,13-14H2,1-3H3/b22-20-. The number of benzene rings is 2. The predicted molar refractivity (Wildman–Crippen MR) is 122 cm³/mol. The molecule has 0 spiro atoms. The van der Waals surface area contributed by atoms with Gasteiger partial charge < -0.3 is 19.6 Å². The fourth-order valence-electron chi connectivity index (χ4n) is 3.89. The Hall–Kier alpha value is -2.83. The van der Waals surface area contributed by atoms with E-state index in [1.165, 1.54) is 12.0 Å². The second-order valence-corrected chi connectivity index (χ2v) is 7.70. The smallest absolute Gasteiger partial charge is 0.295 e. The highest BCUT2D eigenvalue weighted by Gasteiger charge is 2.45. The Kier molecular flexibility index (Phi) is 7.36. The molecule has 164 valence electrons. The molecule has 0 saturated carbocycles. The van der Waals surface area contributed by atoms with Gasteiger partial charge in [0.2, 0.25) is 0 Å². The van der Waals surface area contributed by atoms with Gasteiger partial charge in [-0.1, -0.05) is 35.9 Å². The van der Waals surface area contributed by atoms with Crippen molar-refractivity contribution in [1.29, 1.82) is 0 Å². The molecule has 1 fully saturated rings. The third kappa shape index (κ3) is 4.60. The van der Waals surface area contributed by atoms with E-state index < -0.39 is 17.7 Å². The molecule has 1 saturated heterocycles. The number of hydrogen-bond acceptors (Lipinski definition) is 5. The number of amides is 1.